The van der Waals surface area contributed by atoms with Crippen molar-refractivity contribution in [2.45, 2.75) is 43.5 Å². The number of benzene rings is 1. The summed E-state index contributed by atoms with van der Waals surface area (Å²) in [5.74, 6) is 1.11. The first-order valence-electron chi connectivity index (χ1n) is 7.08. The number of nitrogens with zero attached hydrogens (tertiary/aromatic N) is 1. The number of hydrogen-bond donors (Lipinski definition) is 0. The molecule has 0 amide bonds. The highest BCUT2D eigenvalue weighted by Crippen LogP contribution is 2.32. The maximum atomic E-state index is 12.7. The van der Waals surface area contributed by atoms with Gasteiger partial charge in [-0.25, -0.2) is 8.42 Å². The summed E-state index contributed by atoms with van der Waals surface area (Å²) >= 11 is 0. The van der Waals surface area contributed by atoms with Gasteiger partial charge in [-0.3, -0.25) is 0 Å². The second kappa shape index (κ2) is 6.14. The van der Waals surface area contributed by atoms with E-state index in [4.69, 9.17) is 4.74 Å². The van der Waals surface area contributed by atoms with E-state index >= 15 is 0 Å². The van der Waals surface area contributed by atoms with Crippen molar-refractivity contribution in [3.63, 3.8) is 0 Å². The van der Waals surface area contributed by atoms with Crippen LogP contribution in [0.1, 0.15) is 32.6 Å². The zero-order valence-electron chi connectivity index (χ0n) is 12.4. The summed E-state index contributed by atoms with van der Waals surface area (Å²) in [6.45, 7) is 2.23. The molecule has 4 nitrogen and oxygen atoms in total. The Morgan fingerprint density at radius 3 is 2.35 bits per heavy atom. The predicted octanol–water partition coefficient (Wildman–Crippen LogP) is 2.89. The molecular formula is C15H23NO3S. The van der Waals surface area contributed by atoms with Crippen LogP contribution in [0.5, 0.6) is 5.75 Å². The van der Waals surface area contributed by atoms with Gasteiger partial charge >= 0.3 is 0 Å². The number of hydrogen-bond acceptors (Lipinski definition) is 3. The number of methoxy groups -OCH3 is 1. The van der Waals surface area contributed by atoms with Crippen molar-refractivity contribution in [3.05, 3.63) is 24.3 Å². The molecule has 1 aliphatic carbocycles. The predicted molar refractivity (Wildman–Crippen MR) is 79.4 cm³/mol. The maximum Gasteiger partial charge on any atom is 0.246 e. The molecule has 0 radical (unpaired) electrons. The molecule has 0 saturated heterocycles. The Hall–Kier alpha value is -1.07. The van der Waals surface area contributed by atoms with Gasteiger partial charge in [0.1, 0.15) is 10.6 Å². The van der Waals surface area contributed by atoms with Gasteiger partial charge in [0.05, 0.1) is 7.11 Å². The molecule has 1 saturated carbocycles. The third-order valence-corrected chi connectivity index (χ3v) is 6.18. The average molecular weight is 297 g/mol. The average Bonchev–Trinajstić information content (AvgIpc) is 2.47. The zero-order valence-corrected chi connectivity index (χ0v) is 13.2. The van der Waals surface area contributed by atoms with Crippen molar-refractivity contribution in [2.24, 2.45) is 5.92 Å². The molecule has 2 rings (SSSR count). The second-order valence-electron chi connectivity index (χ2n) is 5.59. The normalized spacial score (nSPS) is 23.8. The third kappa shape index (κ3) is 2.99. The molecule has 5 heteroatoms. The fourth-order valence-corrected chi connectivity index (χ4v) is 4.36. The van der Waals surface area contributed by atoms with Gasteiger partial charge < -0.3 is 4.74 Å². The minimum absolute atomic E-state index is 0.0983. The smallest absolute Gasteiger partial charge is 0.246 e. The van der Waals surface area contributed by atoms with E-state index in [9.17, 15) is 8.42 Å². The monoisotopic (exact) mass is 297 g/mol. The lowest BCUT2D eigenvalue weighted by Crippen LogP contribution is -2.39. The molecule has 1 aromatic rings. The summed E-state index contributed by atoms with van der Waals surface area (Å²) in [4.78, 5) is 0.253. The molecule has 0 unspecified atom stereocenters. The van der Waals surface area contributed by atoms with Crippen LogP contribution < -0.4 is 4.74 Å². The van der Waals surface area contributed by atoms with E-state index in [-0.39, 0.29) is 10.9 Å². The van der Waals surface area contributed by atoms with Crippen LogP contribution in [0, 0.1) is 5.92 Å². The molecule has 0 aliphatic heterocycles. The van der Waals surface area contributed by atoms with Crippen molar-refractivity contribution in [3.8, 4) is 5.75 Å². The Labute approximate surface area is 121 Å². The van der Waals surface area contributed by atoms with Crippen LogP contribution in [0.15, 0.2) is 29.2 Å². The summed E-state index contributed by atoms with van der Waals surface area (Å²) in [6, 6.07) is 6.90. The largest absolute Gasteiger partial charge is 0.495 e. The molecule has 20 heavy (non-hydrogen) atoms. The van der Waals surface area contributed by atoms with Crippen LogP contribution >= 0.6 is 0 Å². The Kier molecular flexibility index (Phi) is 4.70. The van der Waals surface area contributed by atoms with Gasteiger partial charge in [-0.1, -0.05) is 19.1 Å². The van der Waals surface area contributed by atoms with Crippen LogP contribution in [0.3, 0.4) is 0 Å². The summed E-state index contributed by atoms with van der Waals surface area (Å²) in [6.07, 6.45) is 4.06. The third-order valence-electron chi connectivity index (χ3n) is 4.23. The first-order chi connectivity index (χ1) is 9.46. The molecule has 1 aromatic carbocycles. The maximum absolute atomic E-state index is 12.7. The van der Waals surface area contributed by atoms with Gasteiger partial charge in [-0.05, 0) is 43.7 Å². The molecule has 0 spiro atoms. The minimum atomic E-state index is -3.49. The molecular weight excluding hydrogens is 274 g/mol. The molecule has 0 N–H and O–H groups in total. The molecule has 0 bridgehead atoms. The van der Waals surface area contributed by atoms with E-state index in [2.05, 4.69) is 6.92 Å². The van der Waals surface area contributed by atoms with Crippen molar-refractivity contribution >= 4 is 10.0 Å². The highest BCUT2D eigenvalue weighted by Gasteiger charge is 2.32. The van der Waals surface area contributed by atoms with Crippen LogP contribution in [0.2, 0.25) is 0 Å². The lowest BCUT2D eigenvalue weighted by molar-refractivity contribution is 0.245. The van der Waals surface area contributed by atoms with Crippen molar-refractivity contribution in [1.29, 1.82) is 0 Å². The summed E-state index contributed by atoms with van der Waals surface area (Å²) < 4.78 is 32.2. The van der Waals surface area contributed by atoms with Crippen molar-refractivity contribution in [1.82, 2.24) is 4.31 Å². The van der Waals surface area contributed by atoms with Crippen LogP contribution in [-0.4, -0.2) is 32.9 Å². The molecule has 112 valence electrons. The van der Waals surface area contributed by atoms with Gasteiger partial charge in [0.2, 0.25) is 10.0 Å². The first kappa shape index (κ1) is 15.3. The van der Waals surface area contributed by atoms with Gasteiger partial charge in [0.25, 0.3) is 0 Å². The highest BCUT2D eigenvalue weighted by molar-refractivity contribution is 7.89. The fraction of sp³-hybridized carbons (Fsp3) is 0.600. The van der Waals surface area contributed by atoms with E-state index in [1.807, 2.05) is 0 Å². The second-order valence-corrected chi connectivity index (χ2v) is 7.55. The van der Waals surface area contributed by atoms with Gasteiger partial charge in [0, 0.05) is 13.1 Å². The van der Waals surface area contributed by atoms with Gasteiger partial charge in [-0.2, -0.15) is 4.31 Å². The summed E-state index contributed by atoms with van der Waals surface area (Å²) in [7, 11) is -0.311. The SMILES string of the molecule is COc1ccccc1S(=O)(=O)N(C)C1CCC(C)CC1. The standard InChI is InChI=1S/C15H23NO3S/c1-12-8-10-13(11-9-12)16(2)20(17,18)15-7-5-4-6-14(15)19-3/h4-7,12-13H,8-11H2,1-3H3. The van der Waals surface area contributed by atoms with Crippen LogP contribution in [0.4, 0.5) is 0 Å². The molecule has 0 atom stereocenters. The van der Waals surface area contributed by atoms with E-state index in [1.165, 1.54) is 11.4 Å². The number of rotatable bonds is 4. The van der Waals surface area contributed by atoms with E-state index in [0.29, 0.717) is 11.7 Å². The lowest BCUT2D eigenvalue weighted by Gasteiger charge is -2.33. The van der Waals surface area contributed by atoms with Gasteiger partial charge in [0.15, 0.2) is 0 Å². The minimum Gasteiger partial charge on any atom is -0.495 e. The Balaban J connectivity index is 2.25. The number of ether oxygens (including phenoxy) is 1. The van der Waals surface area contributed by atoms with Gasteiger partial charge in [-0.15, -0.1) is 0 Å². The number of sulfonamides is 1. The van der Waals surface area contributed by atoms with Crippen molar-refractivity contribution < 1.29 is 13.2 Å². The lowest BCUT2D eigenvalue weighted by atomic mass is 9.87. The van der Waals surface area contributed by atoms with Crippen LogP contribution in [-0.2, 0) is 10.0 Å². The Bertz CT molecular complexity index is 548. The fourth-order valence-electron chi connectivity index (χ4n) is 2.79. The summed E-state index contributed by atoms with van der Waals surface area (Å²) in [5.41, 5.74) is 0. The molecule has 1 fully saturated rings. The van der Waals surface area contributed by atoms with E-state index < -0.39 is 10.0 Å². The van der Waals surface area contributed by atoms with Crippen LogP contribution in [0.25, 0.3) is 0 Å². The first-order valence-corrected chi connectivity index (χ1v) is 8.52. The number of para-hydroxylation sites is 1. The Morgan fingerprint density at radius 2 is 1.75 bits per heavy atom. The molecule has 0 aromatic heterocycles. The molecule has 0 heterocycles. The quantitative estimate of drug-likeness (QED) is 0.858. The van der Waals surface area contributed by atoms with Crippen molar-refractivity contribution in [2.75, 3.05) is 14.2 Å². The topological polar surface area (TPSA) is 46.6 Å². The zero-order chi connectivity index (χ0) is 14.8. The Morgan fingerprint density at radius 1 is 1.15 bits per heavy atom. The van der Waals surface area contributed by atoms with E-state index in [1.54, 1.807) is 31.3 Å². The summed E-state index contributed by atoms with van der Waals surface area (Å²) in [5, 5.41) is 0. The van der Waals surface area contributed by atoms with E-state index in [0.717, 1.165) is 25.7 Å². The molecule has 1 aliphatic rings. The highest BCUT2D eigenvalue weighted by atomic mass is 32.2.